The molecule has 1 atom stereocenters. The second kappa shape index (κ2) is 4.88. The van der Waals surface area contributed by atoms with Gasteiger partial charge in [-0.05, 0) is 31.4 Å². The normalized spacial score (nSPS) is 13.5. The predicted molar refractivity (Wildman–Crippen MR) is 70.4 cm³/mol. The summed E-state index contributed by atoms with van der Waals surface area (Å²) in [7, 11) is 0. The second-order valence-electron chi connectivity index (χ2n) is 5.42. The van der Waals surface area contributed by atoms with Gasteiger partial charge >= 0.3 is 0 Å². The zero-order valence-corrected chi connectivity index (χ0v) is 11.1. The summed E-state index contributed by atoms with van der Waals surface area (Å²) in [6.45, 7) is 7.74. The second-order valence-corrected chi connectivity index (χ2v) is 5.42. The van der Waals surface area contributed by atoms with E-state index in [4.69, 9.17) is 11.5 Å². The molecule has 0 spiro atoms. The zero-order valence-electron chi connectivity index (χ0n) is 11.1. The minimum absolute atomic E-state index is 0.155. The van der Waals surface area contributed by atoms with Crippen LogP contribution in [-0.4, -0.2) is 5.91 Å². The van der Waals surface area contributed by atoms with E-state index >= 15 is 0 Å². The maximum atomic E-state index is 11.3. The van der Waals surface area contributed by atoms with Crippen LogP contribution in [0.4, 0.5) is 0 Å². The minimum Gasteiger partial charge on any atom is -0.369 e. The van der Waals surface area contributed by atoms with E-state index in [0.29, 0.717) is 6.42 Å². The van der Waals surface area contributed by atoms with E-state index in [-0.39, 0.29) is 11.9 Å². The van der Waals surface area contributed by atoms with Crippen LogP contribution in [0, 0.1) is 19.3 Å². The molecule has 0 aromatic heterocycles. The quantitative estimate of drug-likeness (QED) is 0.838. The molecule has 1 aromatic carbocycles. The Morgan fingerprint density at radius 2 is 1.94 bits per heavy atom. The molecule has 0 saturated carbocycles. The van der Waals surface area contributed by atoms with Crippen LogP contribution in [0.1, 0.15) is 43.0 Å². The van der Waals surface area contributed by atoms with Crippen molar-refractivity contribution < 1.29 is 4.79 Å². The molecule has 0 heterocycles. The lowest BCUT2D eigenvalue weighted by molar-refractivity contribution is -0.126. The van der Waals surface area contributed by atoms with Crippen LogP contribution in [0.25, 0.3) is 0 Å². The van der Waals surface area contributed by atoms with Crippen molar-refractivity contribution in [1.82, 2.24) is 0 Å². The van der Waals surface area contributed by atoms with Gasteiger partial charge in [-0.2, -0.15) is 0 Å². The molecule has 0 aliphatic rings. The van der Waals surface area contributed by atoms with Gasteiger partial charge in [0.25, 0.3) is 0 Å². The molecule has 4 N–H and O–H groups in total. The molecule has 3 nitrogen and oxygen atoms in total. The van der Waals surface area contributed by atoms with Crippen molar-refractivity contribution in [1.29, 1.82) is 0 Å². The topological polar surface area (TPSA) is 69.1 Å². The number of amides is 1. The molecule has 17 heavy (non-hydrogen) atoms. The van der Waals surface area contributed by atoms with Crippen molar-refractivity contribution in [2.45, 2.75) is 40.2 Å². The van der Waals surface area contributed by atoms with E-state index in [0.717, 1.165) is 11.1 Å². The van der Waals surface area contributed by atoms with E-state index in [9.17, 15) is 4.79 Å². The van der Waals surface area contributed by atoms with Crippen molar-refractivity contribution in [3.05, 3.63) is 34.9 Å². The Hall–Kier alpha value is -1.35. The third-order valence-electron chi connectivity index (χ3n) is 3.23. The van der Waals surface area contributed by atoms with Crippen LogP contribution >= 0.6 is 0 Å². The molecule has 94 valence electrons. The molecule has 1 unspecified atom stereocenters. The highest BCUT2D eigenvalue weighted by atomic mass is 16.1. The molecule has 0 aliphatic heterocycles. The number of hydrogen-bond acceptors (Lipinski definition) is 2. The van der Waals surface area contributed by atoms with Crippen molar-refractivity contribution in [2.75, 3.05) is 0 Å². The average molecular weight is 234 g/mol. The van der Waals surface area contributed by atoms with Gasteiger partial charge in [-0.15, -0.1) is 0 Å². The van der Waals surface area contributed by atoms with Gasteiger partial charge in [0.05, 0.1) is 0 Å². The molecule has 0 radical (unpaired) electrons. The molecule has 3 heteroatoms. The van der Waals surface area contributed by atoms with Gasteiger partial charge in [-0.1, -0.05) is 37.6 Å². The predicted octanol–water partition coefficient (Wildman–Crippen LogP) is 2.20. The summed E-state index contributed by atoms with van der Waals surface area (Å²) in [6, 6.07) is 6.04. The number of nitrogens with two attached hydrogens (primary N) is 2. The monoisotopic (exact) mass is 234 g/mol. The standard InChI is InChI=1S/C14H22N2O/c1-9-5-6-10(2)11(7-9)12(15)8-14(3,4)13(16)17/h5-7,12H,8,15H2,1-4H3,(H2,16,17). The Morgan fingerprint density at radius 3 is 2.47 bits per heavy atom. The summed E-state index contributed by atoms with van der Waals surface area (Å²) in [5.74, 6) is -0.307. The van der Waals surface area contributed by atoms with Crippen LogP contribution in [0.15, 0.2) is 18.2 Å². The van der Waals surface area contributed by atoms with Gasteiger partial charge in [0.15, 0.2) is 0 Å². The Morgan fingerprint density at radius 1 is 1.35 bits per heavy atom. The van der Waals surface area contributed by atoms with Crippen LogP contribution in [-0.2, 0) is 4.79 Å². The lowest BCUT2D eigenvalue weighted by Crippen LogP contribution is -2.34. The number of aryl methyl sites for hydroxylation is 2. The summed E-state index contributed by atoms with van der Waals surface area (Å²) in [6.07, 6.45) is 0.562. The fourth-order valence-corrected chi connectivity index (χ4v) is 1.92. The molecular formula is C14H22N2O. The van der Waals surface area contributed by atoms with Gasteiger partial charge in [0.2, 0.25) is 5.91 Å². The van der Waals surface area contributed by atoms with Crippen molar-refractivity contribution in [2.24, 2.45) is 16.9 Å². The Bertz CT molecular complexity index is 424. The molecule has 0 bridgehead atoms. The van der Waals surface area contributed by atoms with Gasteiger partial charge in [-0.25, -0.2) is 0 Å². The molecule has 1 amide bonds. The Kier molecular flexibility index (Phi) is 3.94. The number of primary amides is 1. The number of rotatable bonds is 4. The molecule has 1 aromatic rings. The number of carbonyl (C=O) groups is 1. The Balaban J connectivity index is 2.94. The Labute approximate surface area is 103 Å². The molecule has 0 fully saturated rings. The smallest absolute Gasteiger partial charge is 0.223 e. The average Bonchev–Trinajstić information content (AvgIpc) is 2.20. The maximum absolute atomic E-state index is 11.3. The van der Waals surface area contributed by atoms with E-state index in [1.807, 2.05) is 27.7 Å². The number of hydrogen-bond donors (Lipinski definition) is 2. The lowest BCUT2D eigenvalue weighted by Gasteiger charge is -2.25. The molecular weight excluding hydrogens is 212 g/mol. The fourth-order valence-electron chi connectivity index (χ4n) is 1.92. The summed E-state index contributed by atoms with van der Waals surface area (Å²) in [5, 5.41) is 0. The van der Waals surface area contributed by atoms with Crippen molar-refractivity contribution >= 4 is 5.91 Å². The number of carbonyl (C=O) groups excluding carboxylic acids is 1. The first kappa shape index (κ1) is 13.7. The van der Waals surface area contributed by atoms with Gasteiger partial charge in [0, 0.05) is 11.5 Å². The van der Waals surface area contributed by atoms with E-state index in [2.05, 4.69) is 18.2 Å². The number of benzene rings is 1. The highest BCUT2D eigenvalue weighted by molar-refractivity contribution is 5.79. The van der Waals surface area contributed by atoms with Crippen molar-refractivity contribution in [3.8, 4) is 0 Å². The van der Waals surface area contributed by atoms with Gasteiger partial charge in [-0.3, -0.25) is 4.79 Å². The van der Waals surface area contributed by atoms with Crippen LogP contribution in [0.3, 0.4) is 0 Å². The first-order chi connectivity index (χ1) is 7.74. The summed E-state index contributed by atoms with van der Waals surface area (Å²) in [5.41, 5.74) is 14.4. The van der Waals surface area contributed by atoms with Gasteiger partial charge in [0.1, 0.15) is 0 Å². The maximum Gasteiger partial charge on any atom is 0.223 e. The lowest BCUT2D eigenvalue weighted by atomic mass is 9.82. The van der Waals surface area contributed by atoms with Crippen molar-refractivity contribution in [3.63, 3.8) is 0 Å². The SMILES string of the molecule is Cc1ccc(C)c(C(N)CC(C)(C)C(N)=O)c1. The van der Waals surface area contributed by atoms with Crippen LogP contribution < -0.4 is 11.5 Å². The molecule has 0 saturated heterocycles. The molecule has 0 aliphatic carbocycles. The third-order valence-corrected chi connectivity index (χ3v) is 3.23. The first-order valence-electron chi connectivity index (χ1n) is 5.86. The van der Waals surface area contributed by atoms with Gasteiger partial charge < -0.3 is 11.5 Å². The fraction of sp³-hybridized carbons (Fsp3) is 0.500. The summed E-state index contributed by atoms with van der Waals surface area (Å²) < 4.78 is 0. The largest absolute Gasteiger partial charge is 0.369 e. The zero-order chi connectivity index (χ0) is 13.2. The minimum atomic E-state index is -0.574. The summed E-state index contributed by atoms with van der Waals surface area (Å²) in [4.78, 5) is 11.3. The van der Waals surface area contributed by atoms with Crippen LogP contribution in [0.2, 0.25) is 0 Å². The molecule has 1 rings (SSSR count). The summed E-state index contributed by atoms with van der Waals surface area (Å²) >= 11 is 0. The van der Waals surface area contributed by atoms with E-state index in [1.54, 1.807) is 0 Å². The highest BCUT2D eigenvalue weighted by Gasteiger charge is 2.28. The highest BCUT2D eigenvalue weighted by Crippen LogP contribution is 2.30. The first-order valence-corrected chi connectivity index (χ1v) is 5.86. The van der Waals surface area contributed by atoms with Crippen LogP contribution in [0.5, 0.6) is 0 Å². The van der Waals surface area contributed by atoms with E-state index < -0.39 is 5.41 Å². The third kappa shape index (κ3) is 3.30. The van der Waals surface area contributed by atoms with E-state index in [1.165, 1.54) is 5.56 Å².